The number of anilines is 1. The number of aliphatic hydroxyl groups is 1. The number of ketones is 1. The summed E-state index contributed by atoms with van der Waals surface area (Å²) in [6.45, 7) is 8.95. The first-order chi connectivity index (χ1) is 20.2. The van der Waals surface area contributed by atoms with Crippen molar-refractivity contribution < 1.29 is 38.4 Å². The standard InChI is InChI=1S/C31H32N2O8S/c1-5-38-30(37)28-18(4)32-31(42-28)33-25(19-7-6-8-21(15-19)39-12-11-17(2)3)24(27(35)29(33)36)26(34)20-9-10-22-23(16-20)41-14-13-40-22/h6-10,15-17,25,34H,5,11-14H2,1-4H3/t25-/m0/s1. The van der Waals surface area contributed by atoms with Crippen LogP contribution in [0.15, 0.2) is 48.0 Å². The predicted molar refractivity (Wildman–Crippen MR) is 156 cm³/mol. The molecule has 1 aromatic heterocycles. The minimum absolute atomic E-state index is 0.124. The van der Waals surface area contributed by atoms with Crippen LogP contribution in [-0.2, 0) is 14.3 Å². The first-order valence-electron chi connectivity index (χ1n) is 13.8. The number of carbonyl (C=O) groups is 3. The highest BCUT2D eigenvalue weighted by molar-refractivity contribution is 7.17. The van der Waals surface area contributed by atoms with Gasteiger partial charge in [0, 0.05) is 5.56 Å². The third-order valence-corrected chi connectivity index (χ3v) is 7.99. The zero-order valence-corrected chi connectivity index (χ0v) is 24.7. The number of thiazole rings is 1. The van der Waals surface area contributed by atoms with E-state index in [-0.39, 0.29) is 33.5 Å². The van der Waals surface area contributed by atoms with E-state index in [1.165, 1.54) is 4.90 Å². The quantitative estimate of drug-likeness (QED) is 0.149. The van der Waals surface area contributed by atoms with Crippen LogP contribution in [0.3, 0.4) is 0 Å². The number of aryl methyl sites for hydroxylation is 1. The van der Waals surface area contributed by atoms with Gasteiger partial charge in [-0.25, -0.2) is 9.78 Å². The molecule has 1 fully saturated rings. The Kier molecular flexibility index (Phi) is 8.49. The number of fused-ring (bicyclic) bond motifs is 1. The average molecular weight is 593 g/mol. The number of rotatable bonds is 9. The number of nitrogens with zero attached hydrogens (tertiary/aromatic N) is 2. The molecule has 0 saturated carbocycles. The molecular formula is C31H32N2O8S. The van der Waals surface area contributed by atoms with Gasteiger partial charge in [-0.15, -0.1) is 0 Å². The number of aliphatic hydroxyl groups excluding tert-OH is 1. The summed E-state index contributed by atoms with van der Waals surface area (Å²) in [5.41, 5.74) is 1.06. The van der Waals surface area contributed by atoms with Gasteiger partial charge in [-0.3, -0.25) is 14.5 Å². The van der Waals surface area contributed by atoms with E-state index in [0.717, 1.165) is 17.8 Å². The molecule has 0 radical (unpaired) electrons. The summed E-state index contributed by atoms with van der Waals surface area (Å²) in [5, 5.41) is 11.7. The molecule has 0 bridgehead atoms. The van der Waals surface area contributed by atoms with Crippen LogP contribution in [0.4, 0.5) is 5.13 Å². The molecule has 0 unspecified atom stereocenters. The van der Waals surface area contributed by atoms with Gasteiger partial charge >= 0.3 is 11.9 Å². The molecule has 1 atom stereocenters. The zero-order valence-electron chi connectivity index (χ0n) is 23.8. The number of hydrogen-bond acceptors (Lipinski definition) is 10. The summed E-state index contributed by atoms with van der Waals surface area (Å²) in [6.07, 6.45) is 0.849. The van der Waals surface area contributed by atoms with E-state index in [1.54, 1.807) is 56.3 Å². The summed E-state index contributed by atoms with van der Waals surface area (Å²) in [7, 11) is 0. The first-order valence-corrected chi connectivity index (χ1v) is 14.6. The van der Waals surface area contributed by atoms with Gasteiger partial charge in [0.15, 0.2) is 16.6 Å². The van der Waals surface area contributed by atoms with Gasteiger partial charge in [-0.1, -0.05) is 37.3 Å². The van der Waals surface area contributed by atoms with Crippen molar-refractivity contribution in [1.29, 1.82) is 0 Å². The topological polar surface area (TPSA) is 124 Å². The molecule has 11 heteroatoms. The van der Waals surface area contributed by atoms with Crippen LogP contribution in [0, 0.1) is 12.8 Å². The number of ether oxygens (including phenoxy) is 4. The molecule has 5 rings (SSSR count). The van der Waals surface area contributed by atoms with Gasteiger partial charge in [0.1, 0.15) is 29.6 Å². The largest absolute Gasteiger partial charge is 0.507 e. The smallest absolute Gasteiger partial charge is 0.350 e. The SMILES string of the molecule is CCOC(=O)c1sc(N2C(=O)C(=O)C(=C(O)c3ccc4c(c3)OCCO4)[C@@H]2c2cccc(OCCC(C)C)c2)nc1C. The third-order valence-electron chi connectivity index (χ3n) is 6.85. The molecule has 2 aliphatic heterocycles. The molecule has 3 aromatic rings. The second kappa shape index (κ2) is 12.2. The predicted octanol–water partition coefficient (Wildman–Crippen LogP) is 5.45. The molecule has 220 valence electrons. The van der Waals surface area contributed by atoms with E-state index >= 15 is 0 Å². The molecule has 1 saturated heterocycles. The summed E-state index contributed by atoms with van der Waals surface area (Å²) in [4.78, 5) is 45.7. The van der Waals surface area contributed by atoms with Gasteiger partial charge < -0.3 is 24.1 Å². The lowest BCUT2D eigenvalue weighted by atomic mass is 9.95. The molecule has 1 amide bonds. The Morgan fingerprint density at radius 2 is 1.90 bits per heavy atom. The highest BCUT2D eigenvalue weighted by Gasteiger charge is 2.48. The number of Topliss-reactive ketones (excluding diaryl/α,β-unsaturated/α-hetero) is 1. The second-order valence-electron chi connectivity index (χ2n) is 10.3. The van der Waals surface area contributed by atoms with Crippen LogP contribution in [0.25, 0.3) is 5.76 Å². The fourth-order valence-corrected chi connectivity index (χ4v) is 5.74. The van der Waals surface area contributed by atoms with Crippen LogP contribution in [0.2, 0.25) is 0 Å². The van der Waals surface area contributed by atoms with Gasteiger partial charge in [0.05, 0.1) is 30.5 Å². The molecule has 2 aromatic carbocycles. The van der Waals surface area contributed by atoms with E-state index in [1.807, 2.05) is 0 Å². The Hall–Kier alpha value is -4.38. The normalized spacial score (nSPS) is 17.5. The summed E-state index contributed by atoms with van der Waals surface area (Å²) >= 11 is 0.954. The number of carbonyl (C=O) groups excluding carboxylic acids is 3. The zero-order chi connectivity index (χ0) is 30.0. The van der Waals surface area contributed by atoms with Crippen LogP contribution >= 0.6 is 11.3 Å². The highest BCUT2D eigenvalue weighted by atomic mass is 32.1. The molecule has 10 nitrogen and oxygen atoms in total. The molecular weight excluding hydrogens is 560 g/mol. The maximum absolute atomic E-state index is 13.6. The number of aromatic nitrogens is 1. The summed E-state index contributed by atoms with van der Waals surface area (Å²) < 4.78 is 22.4. The molecule has 42 heavy (non-hydrogen) atoms. The lowest BCUT2D eigenvalue weighted by Gasteiger charge is -2.24. The van der Waals surface area contributed by atoms with Crippen molar-refractivity contribution in [3.63, 3.8) is 0 Å². The Bertz CT molecular complexity index is 1560. The van der Waals surface area contributed by atoms with Gasteiger partial charge in [-0.05, 0) is 62.1 Å². The highest BCUT2D eigenvalue weighted by Crippen LogP contribution is 2.45. The minimum Gasteiger partial charge on any atom is -0.507 e. The fourth-order valence-electron chi connectivity index (χ4n) is 4.75. The van der Waals surface area contributed by atoms with Gasteiger partial charge in [0.2, 0.25) is 0 Å². The fraction of sp³-hybridized carbons (Fsp3) is 0.355. The maximum atomic E-state index is 13.6. The van der Waals surface area contributed by atoms with Crippen molar-refractivity contribution in [3.05, 3.63) is 69.7 Å². The molecule has 0 spiro atoms. The number of hydrogen-bond donors (Lipinski definition) is 1. The van der Waals surface area contributed by atoms with E-state index in [0.29, 0.717) is 54.2 Å². The van der Waals surface area contributed by atoms with E-state index in [2.05, 4.69) is 18.8 Å². The minimum atomic E-state index is -1.05. The summed E-state index contributed by atoms with van der Waals surface area (Å²) in [6, 6.07) is 10.8. The monoisotopic (exact) mass is 592 g/mol. The number of benzene rings is 2. The summed E-state index contributed by atoms with van der Waals surface area (Å²) in [5.74, 6) is -0.754. The molecule has 1 N–H and O–H groups in total. The van der Waals surface area contributed by atoms with Crippen molar-refractivity contribution in [2.75, 3.05) is 31.3 Å². The Balaban J connectivity index is 1.63. The van der Waals surface area contributed by atoms with E-state index in [9.17, 15) is 19.5 Å². The van der Waals surface area contributed by atoms with Crippen molar-refractivity contribution >= 4 is 39.9 Å². The molecule has 2 aliphatic rings. The molecule has 3 heterocycles. The maximum Gasteiger partial charge on any atom is 0.350 e. The van der Waals surface area contributed by atoms with Gasteiger partial charge in [-0.2, -0.15) is 0 Å². The molecule has 0 aliphatic carbocycles. The number of amides is 1. The number of esters is 1. The van der Waals surface area contributed by atoms with Crippen LogP contribution < -0.4 is 19.1 Å². The van der Waals surface area contributed by atoms with Crippen LogP contribution in [0.1, 0.15) is 59.7 Å². The second-order valence-corrected chi connectivity index (χ2v) is 11.2. The Labute approximate surface area is 247 Å². The van der Waals surface area contributed by atoms with E-state index < -0.39 is 23.7 Å². The van der Waals surface area contributed by atoms with Crippen LogP contribution in [-0.4, -0.2) is 54.2 Å². The van der Waals surface area contributed by atoms with Crippen molar-refractivity contribution in [1.82, 2.24) is 4.98 Å². The average Bonchev–Trinajstić information content (AvgIpc) is 3.48. The lowest BCUT2D eigenvalue weighted by Crippen LogP contribution is -2.29. The third kappa shape index (κ3) is 5.69. The van der Waals surface area contributed by atoms with Crippen LogP contribution in [0.5, 0.6) is 17.2 Å². The first kappa shape index (κ1) is 29.1. The lowest BCUT2D eigenvalue weighted by molar-refractivity contribution is -0.132. The van der Waals surface area contributed by atoms with Crippen molar-refractivity contribution in [3.8, 4) is 17.2 Å². The Morgan fingerprint density at radius 1 is 1.14 bits per heavy atom. The van der Waals surface area contributed by atoms with E-state index in [4.69, 9.17) is 18.9 Å². The Morgan fingerprint density at radius 3 is 2.64 bits per heavy atom. The van der Waals surface area contributed by atoms with Crippen molar-refractivity contribution in [2.24, 2.45) is 5.92 Å². The van der Waals surface area contributed by atoms with Crippen molar-refractivity contribution in [2.45, 2.75) is 40.2 Å². The van der Waals surface area contributed by atoms with Gasteiger partial charge in [0.25, 0.3) is 5.78 Å².